The summed E-state index contributed by atoms with van der Waals surface area (Å²) in [4.78, 5) is 21.7. The second kappa shape index (κ2) is 7.71. The van der Waals surface area contributed by atoms with Gasteiger partial charge < -0.3 is 20.8 Å². The van der Waals surface area contributed by atoms with Gasteiger partial charge in [0.25, 0.3) is 0 Å². The number of rotatable bonds is 6. The Hall–Kier alpha value is -1.56. The molecule has 102 valence electrons. The summed E-state index contributed by atoms with van der Waals surface area (Å²) in [5, 5.41) is 22.7. The predicted molar refractivity (Wildman–Crippen MR) is 66.1 cm³/mol. The molecule has 2 amide bonds. The average molecular weight is 256 g/mol. The van der Waals surface area contributed by atoms with Crippen molar-refractivity contribution in [1.29, 1.82) is 0 Å². The number of aliphatic hydroxyl groups excluding tert-OH is 1. The number of allylic oxidation sites excluding steroid dienone is 2. The van der Waals surface area contributed by atoms with Gasteiger partial charge in [-0.1, -0.05) is 12.2 Å². The molecule has 2 atom stereocenters. The molecule has 0 radical (unpaired) electrons. The van der Waals surface area contributed by atoms with Crippen LogP contribution in [0.5, 0.6) is 0 Å². The lowest BCUT2D eigenvalue weighted by atomic mass is 9.94. The Labute approximate surface area is 106 Å². The summed E-state index contributed by atoms with van der Waals surface area (Å²) in [7, 11) is 0. The minimum absolute atomic E-state index is 0.00885. The molecule has 0 aromatic carbocycles. The summed E-state index contributed by atoms with van der Waals surface area (Å²) < 4.78 is 0. The largest absolute Gasteiger partial charge is 0.479 e. The number of nitrogens with one attached hydrogen (secondary N) is 2. The molecular weight excluding hydrogens is 236 g/mol. The Bertz CT molecular complexity index is 317. The Kier molecular flexibility index (Phi) is 6.21. The molecule has 0 bridgehead atoms. The van der Waals surface area contributed by atoms with Crippen LogP contribution in [0.2, 0.25) is 0 Å². The summed E-state index contributed by atoms with van der Waals surface area (Å²) in [6, 6.07) is -0.317. The molecule has 6 heteroatoms. The molecule has 18 heavy (non-hydrogen) atoms. The van der Waals surface area contributed by atoms with Gasteiger partial charge in [-0.2, -0.15) is 0 Å². The zero-order chi connectivity index (χ0) is 13.4. The van der Waals surface area contributed by atoms with Gasteiger partial charge in [-0.25, -0.2) is 9.59 Å². The lowest BCUT2D eigenvalue weighted by molar-refractivity contribution is -0.146. The zero-order valence-electron chi connectivity index (χ0n) is 10.3. The van der Waals surface area contributed by atoms with Crippen LogP contribution in [0, 0.1) is 5.92 Å². The number of carbonyl (C=O) groups is 2. The lowest BCUT2D eigenvalue weighted by Gasteiger charge is -2.18. The fourth-order valence-corrected chi connectivity index (χ4v) is 1.79. The van der Waals surface area contributed by atoms with Crippen molar-refractivity contribution in [2.24, 2.45) is 5.92 Å². The molecule has 0 fully saturated rings. The van der Waals surface area contributed by atoms with Gasteiger partial charge in [0.15, 0.2) is 6.10 Å². The molecule has 0 heterocycles. The number of hydrogen-bond acceptors (Lipinski definition) is 3. The Morgan fingerprint density at radius 1 is 1.33 bits per heavy atom. The minimum atomic E-state index is -1.42. The topological polar surface area (TPSA) is 98.7 Å². The normalized spacial score (nSPS) is 20.2. The highest BCUT2D eigenvalue weighted by molar-refractivity contribution is 5.74. The van der Waals surface area contributed by atoms with Crippen LogP contribution in [-0.4, -0.2) is 41.4 Å². The number of carboxylic acid groups (broad SMARTS) is 1. The van der Waals surface area contributed by atoms with Crippen molar-refractivity contribution in [3.05, 3.63) is 12.2 Å². The van der Waals surface area contributed by atoms with Crippen LogP contribution in [0.1, 0.15) is 25.7 Å². The fraction of sp³-hybridized carbons (Fsp3) is 0.667. The van der Waals surface area contributed by atoms with E-state index in [4.69, 9.17) is 10.2 Å². The van der Waals surface area contributed by atoms with E-state index in [-0.39, 0.29) is 19.0 Å². The molecule has 1 unspecified atom stereocenters. The van der Waals surface area contributed by atoms with Gasteiger partial charge in [0, 0.05) is 19.5 Å². The van der Waals surface area contributed by atoms with E-state index in [1.54, 1.807) is 0 Å². The van der Waals surface area contributed by atoms with E-state index in [2.05, 4.69) is 22.8 Å². The van der Waals surface area contributed by atoms with Crippen molar-refractivity contribution in [3.63, 3.8) is 0 Å². The molecule has 1 aliphatic carbocycles. The first-order valence-corrected chi connectivity index (χ1v) is 6.17. The van der Waals surface area contributed by atoms with Gasteiger partial charge in [0.05, 0.1) is 0 Å². The molecule has 0 aromatic rings. The van der Waals surface area contributed by atoms with Crippen LogP contribution >= 0.6 is 0 Å². The van der Waals surface area contributed by atoms with Gasteiger partial charge in [-0.05, 0) is 25.2 Å². The zero-order valence-corrected chi connectivity index (χ0v) is 10.3. The number of aliphatic carboxylic acids is 1. The first-order valence-electron chi connectivity index (χ1n) is 6.17. The first kappa shape index (κ1) is 14.5. The number of carboxylic acids is 1. The van der Waals surface area contributed by atoms with Gasteiger partial charge in [-0.3, -0.25) is 0 Å². The van der Waals surface area contributed by atoms with Crippen LogP contribution in [-0.2, 0) is 4.79 Å². The predicted octanol–water partition coefficient (Wildman–Crippen LogP) is 0.477. The number of hydrogen-bond donors (Lipinski definition) is 4. The maximum absolute atomic E-state index is 11.4. The molecule has 0 saturated heterocycles. The van der Waals surface area contributed by atoms with Crippen molar-refractivity contribution in [2.45, 2.75) is 31.8 Å². The second-order valence-electron chi connectivity index (χ2n) is 4.43. The maximum Gasteiger partial charge on any atom is 0.332 e. The minimum Gasteiger partial charge on any atom is -0.479 e. The number of aliphatic hydroxyl groups is 1. The fourth-order valence-electron chi connectivity index (χ4n) is 1.79. The van der Waals surface area contributed by atoms with E-state index in [9.17, 15) is 9.59 Å². The Morgan fingerprint density at radius 3 is 2.72 bits per heavy atom. The molecule has 6 nitrogen and oxygen atoms in total. The molecule has 1 rings (SSSR count). The van der Waals surface area contributed by atoms with E-state index in [0.29, 0.717) is 12.5 Å². The average Bonchev–Trinajstić information content (AvgIpc) is 2.37. The van der Waals surface area contributed by atoms with Gasteiger partial charge in [0.1, 0.15) is 0 Å². The molecule has 0 saturated carbocycles. The van der Waals surface area contributed by atoms with Crippen LogP contribution in [0.25, 0.3) is 0 Å². The standard InChI is InChI=1S/C12H20N2O4/c15-10(11(16)17)6-7-13-12(18)14-8-9-4-2-1-3-5-9/h1-2,9-10,15H,3-8H2,(H,16,17)(H2,13,14,18)/t9?,10-/m0/s1. The van der Waals surface area contributed by atoms with Crippen molar-refractivity contribution < 1.29 is 19.8 Å². The van der Waals surface area contributed by atoms with Crippen molar-refractivity contribution in [1.82, 2.24) is 10.6 Å². The second-order valence-corrected chi connectivity index (χ2v) is 4.43. The molecule has 0 spiro atoms. The number of carbonyl (C=O) groups excluding carboxylic acids is 1. The van der Waals surface area contributed by atoms with Gasteiger partial charge in [-0.15, -0.1) is 0 Å². The highest BCUT2D eigenvalue weighted by Crippen LogP contribution is 2.16. The molecule has 0 aromatic heterocycles. The number of amides is 2. The summed E-state index contributed by atoms with van der Waals surface area (Å²) in [6.07, 6.45) is 5.97. The van der Waals surface area contributed by atoms with Crippen LogP contribution in [0.3, 0.4) is 0 Å². The van der Waals surface area contributed by atoms with E-state index in [1.807, 2.05) is 0 Å². The highest BCUT2D eigenvalue weighted by atomic mass is 16.4. The molecule has 0 aliphatic heterocycles. The summed E-state index contributed by atoms with van der Waals surface area (Å²) >= 11 is 0. The van der Waals surface area contributed by atoms with E-state index in [1.165, 1.54) is 0 Å². The van der Waals surface area contributed by atoms with E-state index < -0.39 is 12.1 Å². The quantitative estimate of drug-likeness (QED) is 0.519. The van der Waals surface area contributed by atoms with Crippen molar-refractivity contribution in [3.8, 4) is 0 Å². The molecule has 4 N–H and O–H groups in total. The number of urea groups is 1. The SMILES string of the molecule is O=C(NCC[C@H](O)C(=O)O)NCC1CC=CCC1. The third-order valence-corrected chi connectivity index (χ3v) is 2.92. The van der Waals surface area contributed by atoms with Gasteiger partial charge in [0.2, 0.25) is 0 Å². The smallest absolute Gasteiger partial charge is 0.332 e. The first-order chi connectivity index (χ1) is 8.59. The Balaban J connectivity index is 2.06. The third kappa shape index (κ3) is 5.67. The van der Waals surface area contributed by atoms with Crippen molar-refractivity contribution in [2.75, 3.05) is 13.1 Å². The van der Waals surface area contributed by atoms with Crippen LogP contribution in [0.15, 0.2) is 12.2 Å². The maximum atomic E-state index is 11.4. The van der Waals surface area contributed by atoms with Crippen LogP contribution in [0.4, 0.5) is 4.79 Å². The van der Waals surface area contributed by atoms with Crippen molar-refractivity contribution >= 4 is 12.0 Å². The van der Waals surface area contributed by atoms with Gasteiger partial charge >= 0.3 is 12.0 Å². The summed E-state index contributed by atoms with van der Waals surface area (Å²) in [5.74, 6) is -0.795. The highest BCUT2D eigenvalue weighted by Gasteiger charge is 2.14. The Morgan fingerprint density at radius 2 is 2.11 bits per heavy atom. The third-order valence-electron chi connectivity index (χ3n) is 2.92. The summed E-state index contributed by atoms with van der Waals surface area (Å²) in [6.45, 7) is 0.765. The molecular formula is C12H20N2O4. The molecule has 1 aliphatic rings. The van der Waals surface area contributed by atoms with E-state index >= 15 is 0 Å². The van der Waals surface area contributed by atoms with E-state index in [0.717, 1.165) is 19.3 Å². The van der Waals surface area contributed by atoms with Crippen LogP contribution < -0.4 is 10.6 Å². The lowest BCUT2D eigenvalue weighted by Crippen LogP contribution is -2.40. The monoisotopic (exact) mass is 256 g/mol. The summed E-state index contributed by atoms with van der Waals surface area (Å²) in [5.41, 5.74) is 0.